The molecule has 2 nitrogen and oxygen atoms in total. The Labute approximate surface area is 87.0 Å². The number of rotatable bonds is 6. The van der Waals surface area contributed by atoms with Gasteiger partial charge in [0.25, 0.3) is 0 Å². The number of unbranched alkanes of at least 4 members (excludes halogenated alkanes) is 2. The van der Waals surface area contributed by atoms with Gasteiger partial charge in [-0.25, -0.2) is 4.79 Å². The Balaban J connectivity index is 4.22. The minimum atomic E-state index is -0.842. The smallest absolute Gasteiger partial charge is 0.328 e. The molecule has 0 aliphatic heterocycles. The lowest BCUT2D eigenvalue weighted by atomic mass is 9.80. The highest BCUT2D eigenvalue weighted by molar-refractivity contribution is 5.80. The average molecular weight is 198 g/mol. The van der Waals surface area contributed by atoms with Crippen LogP contribution in [0.25, 0.3) is 0 Å². The highest BCUT2D eigenvalue weighted by Gasteiger charge is 2.19. The number of carbonyl (C=O) groups is 1. The largest absolute Gasteiger partial charge is 0.478 e. The van der Waals surface area contributed by atoms with Crippen LogP contribution < -0.4 is 0 Å². The van der Waals surface area contributed by atoms with Crippen molar-refractivity contribution in [3.8, 4) is 0 Å². The molecule has 0 aromatic rings. The van der Waals surface area contributed by atoms with Gasteiger partial charge in [0, 0.05) is 6.08 Å². The molecule has 0 saturated heterocycles. The molecule has 0 aromatic carbocycles. The number of aliphatic carboxylic acids is 1. The predicted octanol–water partition coefficient (Wildman–Crippen LogP) is 3.62. The van der Waals surface area contributed by atoms with Gasteiger partial charge >= 0.3 is 5.97 Å². The van der Waals surface area contributed by atoms with Crippen LogP contribution in [0.2, 0.25) is 0 Å². The van der Waals surface area contributed by atoms with Crippen molar-refractivity contribution in [2.24, 2.45) is 5.41 Å². The van der Waals surface area contributed by atoms with Crippen molar-refractivity contribution in [2.75, 3.05) is 0 Å². The van der Waals surface area contributed by atoms with E-state index in [2.05, 4.69) is 20.8 Å². The molecule has 14 heavy (non-hydrogen) atoms. The molecule has 0 radical (unpaired) electrons. The van der Waals surface area contributed by atoms with E-state index >= 15 is 0 Å². The molecule has 0 saturated carbocycles. The zero-order valence-electron chi connectivity index (χ0n) is 9.76. The molecular formula is C12H22O2. The van der Waals surface area contributed by atoms with Crippen LogP contribution in [0, 0.1) is 5.41 Å². The lowest BCUT2D eigenvalue weighted by Crippen LogP contribution is -2.14. The van der Waals surface area contributed by atoms with E-state index < -0.39 is 5.97 Å². The topological polar surface area (TPSA) is 37.3 Å². The van der Waals surface area contributed by atoms with E-state index in [0.717, 1.165) is 12.0 Å². The molecule has 0 aromatic heterocycles. The molecule has 0 unspecified atom stereocenters. The summed E-state index contributed by atoms with van der Waals surface area (Å²) in [6.45, 7) is 8.29. The van der Waals surface area contributed by atoms with Crippen molar-refractivity contribution in [3.63, 3.8) is 0 Å². The first-order valence-corrected chi connectivity index (χ1v) is 5.32. The Morgan fingerprint density at radius 3 is 2.36 bits per heavy atom. The van der Waals surface area contributed by atoms with Gasteiger partial charge in [0.2, 0.25) is 0 Å². The maximum atomic E-state index is 10.5. The Bertz CT molecular complexity index is 214. The average Bonchev–Trinajstić information content (AvgIpc) is 2.03. The zero-order valence-corrected chi connectivity index (χ0v) is 9.76. The van der Waals surface area contributed by atoms with Crippen molar-refractivity contribution in [3.05, 3.63) is 11.6 Å². The Kier molecular flexibility index (Phi) is 5.51. The monoisotopic (exact) mass is 198 g/mol. The molecule has 2 heteroatoms. The van der Waals surface area contributed by atoms with Crippen LogP contribution in [0.5, 0.6) is 0 Å². The van der Waals surface area contributed by atoms with Gasteiger partial charge in [0.15, 0.2) is 0 Å². The number of carboxylic acids is 1. The summed E-state index contributed by atoms with van der Waals surface area (Å²) in [5.41, 5.74) is 0.981. The van der Waals surface area contributed by atoms with Crippen LogP contribution >= 0.6 is 0 Å². The quantitative estimate of drug-likeness (QED) is 0.522. The van der Waals surface area contributed by atoms with E-state index in [0.29, 0.717) is 0 Å². The summed E-state index contributed by atoms with van der Waals surface area (Å²) in [7, 11) is 0. The number of allylic oxidation sites excluding steroid dienone is 1. The fraction of sp³-hybridized carbons (Fsp3) is 0.750. The fourth-order valence-electron chi connectivity index (χ4n) is 1.39. The second kappa shape index (κ2) is 5.84. The van der Waals surface area contributed by atoms with Crippen LogP contribution in [0.3, 0.4) is 0 Å². The third kappa shape index (κ3) is 5.05. The van der Waals surface area contributed by atoms with Crippen molar-refractivity contribution >= 4 is 5.97 Å². The van der Waals surface area contributed by atoms with E-state index in [-0.39, 0.29) is 5.41 Å². The summed E-state index contributed by atoms with van der Waals surface area (Å²) in [5.74, 6) is -0.842. The minimum absolute atomic E-state index is 0.0214. The van der Waals surface area contributed by atoms with Gasteiger partial charge in [-0.15, -0.1) is 0 Å². The Morgan fingerprint density at radius 1 is 1.36 bits per heavy atom. The van der Waals surface area contributed by atoms with Crippen LogP contribution in [-0.2, 0) is 4.79 Å². The second-order valence-corrected chi connectivity index (χ2v) is 4.51. The van der Waals surface area contributed by atoms with Crippen molar-refractivity contribution in [1.29, 1.82) is 0 Å². The molecule has 82 valence electrons. The lowest BCUT2D eigenvalue weighted by Gasteiger charge is -2.25. The van der Waals surface area contributed by atoms with Gasteiger partial charge in [-0.3, -0.25) is 0 Å². The van der Waals surface area contributed by atoms with E-state index in [9.17, 15) is 4.79 Å². The third-order valence-electron chi connectivity index (χ3n) is 2.81. The highest BCUT2D eigenvalue weighted by Crippen LogP contribution is 2.31. The van der Waals surface area contributed by atoms with Crippen LogP contribution in [-0.4, -0.2) is 11.1 Å². The second-order valence-electron chi connectivity index (χ2n) is 4.51. The SMILES string of the molecule is CCCCCC(C)(C)/C(C)=C/C(=O)O. The highest BCUT2D eigenvalue weighted by atomic mass is 16.4. The van der Waals surface area contributed by atoms with Gasteiger partial charge in [0.1, 0.15) is 0 Å². The van der Waals surface area contributed by atoms with E-state index in [1.807, 2.05) is 6.92 Å². The van der Waals surface area contributed by atoms with Gasteiger partial charge in [0.05, 0.1) is 0 Å². The maximum Gasteiger partial charge on any atom is 0.328 e. The van der Waals surface area contributed by atoms with Crippen molar-refractivity contribution < 1.29 is 9.90 Å². The van der Waals surface area contributed by atoms with E-state index in [4.69, 9.17) is 5.11 Å². The summed E-state index contributed by atoms with van der Waals surface area (Å²) in [5, 5.41) is 8.64. The summed E-state index contributed by atoms with van der Waals surface area (Å²) in [6.07, 6.45) is 6.00. The molecule has 0 bridgehead atoms. The van der Waals surface area contributed by atoms with E-state index in [1.165, 1.54) is 25.3 Å². The summed E-state index contributed by atoms with van der Waals surface area (Å²) >= 11 is 0. The van der Waals surface area contributed by atoms with Gasteiger partial charge in [-0.2, -0.15) is 0 Å². The molecule has 0 fully saturated rings. The maximum absolute atomic E-state index is 10.5. The molecular weight excluding hydrogens is 176 g/mol. The number of hydrogen-bond acceptors (Lipinski definition) is 1. The Hall–Kier alpha value is -0.790. The zero-order chi connectivity index (χ0) is 11.2. The van der Waals surface area contributed by atoms with Crippen molar-refractivity contribution in [1.82, 2.24) is 0 Å². The molecule has 0 atom stereocenters. The molecule has 1 N–H and O–H groups in total. The van der Waals surface area contributed by atoms with Crippen LogP contribution in [0.4, 0.5) is 0 Å². The standard InChI is InChI=1S/C12H22O2/c1-5-6-7-8-12(3,4)10(2)9-11(13)14/h9H,5-8H2,1-4H3,(H,13,14)/b10-9+. The lowest BCUT2D eigenvalue weighted by molar-refractivity contribution is -0.131. The summed E-state index contributed by atoms with van der Waals surface area (Å²) < 4.78 is 0. The minimum Gasteiger partial charge on any atom is -0.478 e. The first kappa shape index (κ1) is 13.2. The molecule has 0 rings (SSSR count). The fourth-order valence-corrected chi connectivity index (χ4v) is 1.39. The van der Waals surface area contributed by atoms with E-state index in [1.54, 1.807) is 0 Å². The summed E-state index contributed by atoms with van der Waals surface area (Å²) in [6, 6.07) is 0. The van der Waals surface area contributed by atoms with Gasteiger partial charge < -0.3 is 5.11 Å². The van der Waals surface area contributed by atoms with Gasteiger partial charge in [-0.1, -0.05) is 45.6 Å². The third-order valence-corrected chi connectivity index (χ3v) is 2.81. The first-order valence-electron chi connectivity index (χ1n) is 5.32. The van der Waals surface area contributed by atoms with Crippen LogP contribution in [0.1, 0.15) is 53.4 Å². The number of carboxylic acid groups (broad SMARTS) is 1. The molecule has 0 amide bonds. The molecule has 0 spiro atoms. The van der Waals surface area contributed by atoms with Gasteiger partial charge in [-0.05, 0) is 18.8 Å². The molecule has 0 heterocycles. The normalized spacial score (nSPS) is 13.0. The molecule has 0 aliphatic carbocycles. The summed E-state index contributed by atoms with van der Waals surface area (Å²) in [4.78, 5) is 10.5. The molecule has 0 aliphatic rings. The van der Waals surface area contributed by atoms with Crippen molar-refractivity contribution in [2.45, 2.75) is 53.4 Å². The number of hydrogen-bond donors (Lipinski definition) is 1. The predicted molar refractivity (Wildman–Crippen MR) is 59.3 cm³/mol. The van der Waals surface area contributed by atoms with Crippen LogP contribution in [0.15, 0.2) is 11.6 Å². The Morgan fingerprint density at radius 2 is 1.93 bits per heavy atom. The first-order chi connectivity index (χ1) is 6.40.